The van der Waals surface area contributed by atoms with E-state index in [1.54, 1.807) is 6.07 Å². The Balaban J connectivity index is 1.08. The fourth-order valence-electron chi connectivity index (χ4n) is 7.52. The van der Waals surface area contributed by atoms with Crippen LogP contribution in [0.3, 0.4) is 0 Å². The number of esters is 1. The highest BCUT2D eigenvalue weighted by molar-refractivity contribution is 5.85. The van der Waals surface area contributed by atoms with Crippen molar-refractivity contribution in [1.82, 2.24) is 20.6 Å². The predicted molar refractivity (Wildman–Crippen MR) is 202 cm³/mol. The molecule has 2 fully saturated rings. The van der Waals surface area contributed by atoms with Crippen molar-refractivity contribution in [3.63, 3.8) is 0 Å². The van der Waals surface area contributed by atoms with Gasteiger partial charge in [-0.05, 0) is 92.6 Å². The molecule has 2 N–H and O–H groups in total. The Hall–Kier alpha value is -5.51. The van der Waals surface area contributed by atoms with Crippen molar-refractivity contribution in [2.75, 3.05) is 19.7 Å². The van der Waals surface area contributed by atoms with Gasteiger partial charge in [0.25, 0.3) is 0 Å². The van der Waals surface area contributed by atoms with Gasteiger partial charge < -0.3 is 38.4 Å². The molecule has 0 aliphatic carbocycles. The number of carbonyl (C=O) groups excluding carboxylic acids is 1. The molecule has 0 bridgehead atoms. The molecule has 57 heavy (non-hydrogen) atoms. The van der Waals surface area contributed by atoms with Gasteiger partial charge in [-0.3, -0.25) is 4.79 Å². The number of carbonyl (C=O) groups is 1. The summed E-state index contributed by atoms with van der Waals surface area (Å²) in [5, 5.41) is 6.35. The first-order chi connectivity index (χ1) is 27.6. The van der Waals surface area contributed by atoms with E-state index in [1.165, 1.54) is 18.2 Å². The fourth-order valence-corrected chi connectivity index (χ4v) is 7.52. The number of oxazole rings is 2. The van der Waals surface area contributed by atoms with Gasteiger partial charge in [0.2, 0.25) is 11.8 Å². The summed E-state index contributed by atoms with van der Waals surface area (Å²) in [5.41, 5.74) is 6.93. The fraction of sp³-hybridized carbons (Fsp3) is 0.357. The number of rotatable bonds is 14. The topological polar surface area (TPSA) is 130 Å². The molecule has 4 heterocycles. The number of hydrogen-bond acceptors (Lipinski definition) is 11. The Bertz CT molecular complexity index is 2400. The standard InChI is InChI=1S/C42H40F4N4O7/c1-22-27(8-3-10-29(22)38-49-32-15-24(19-47-20-26-7-6-14-52-26)34(56-41(43)44)17-36(32)54-38)28-9-4-11-30(23(28)2)39-50-33-16-25(21-53-40(51)31-12-5-13-48-31)35(57-42(45)46)18-37(33)55-39/h3-4,8-11,15-18,26,31,41-42,47-48H,5-7,12-14,19-21H2,1-2H3/t26?,31-/m0/s1. The molecule has 0 amide bonds. The number of hydrogen-bond donors (Lipinski definition) is 2. The first-order valence-corrected chi connectivity index (χ1v) is 18.8. The van der Waals surface area contributed by atoms with Gasteiger partial charge >= 0.3 is 19.2 Å². The molecule has 2 atom stereocenters. The SMILES string of the molecule is Cc1c(-c2nc3cc(CNCC4CCCO4)c(OC(F)F)cc3o2)cccc1-c1cccc(-c2nc3cc(COC(=O)[C@@H]4CCCN4)c(OC(F)F)cc3o2)c1C. The van der Waals surface area contributed by atoms with Crippen LogP contribution in [0.5, 0.6) is 11.5 Å². The van der Waals surface area contributed by atoms with Crippen molar-refractivity contribution < 1.29 is 50.1 Å². The zero-order valence-electron chi connectivity index (χ0n) is 31.2. The van der Waals surface area contributed by atoms with Gasteiger partial charge in [0.05, 0.1) is 6.10 Å². The highest BCUT2D eigenvalue weighted by Crippen LogP contribution is 2.39. The van der Waals surface area contributed by atoms with Gasteiger partial charge in [-0.15, -0.1) is 0 Å². The van der Waals surface area contributed by atoms with Crippen molar-refractivity contribution in [1.29, 1.82) is 0 Å². The summed E-state index contributed by atoms with van der Waals surface area (Å²) in [5.74, 6) is -0.0634. The number of fused-ring (bicyclic) bond motifs is 2. The van der Waals surface area contributed by atoms with Crippen molar-refractivity contribution in [3.8, 4) is 45.5 Å². The maximum atomic E-state index is 13.4. The number of halogens is 4. The van der Waals surface area contributed by atoms with E-state index in [2.05, 4.69) is 10.6 Å². The number of ether oxygens (including phenoxy) is 4. The van der Waals surface area contributed by atoms with E-state index in [4.69, 9.17) is 37.7 Å². The first kappa shape index (κ1) is 38.4. The second-order valence-corrected chi connectivity index (χ2v) is 14.1. The van der Waals surface area contributed by atoms with E-state index < -0.39 is 25.2 Å². The van der Waals surface area contributed by atoms with Gasteiger partial charge in [0, 0.05) is 54.1 Å². The maximum Gasteiger partial charge on any atom is 0.387 e. The van der Waals surface area contributed by atoms with Crippen LogP contribution < -0.4 is 20.1 Å². The van der Waals surface area contributed by atoms with Crippen LogP contribution >= 0.6 is 0 Å². The smallest absolute Gasteiger partial charge is 0.387 e. The van der Waals surface area contributed by atoms with E-state index >= 15 is 0 Å². The van der Waals surface area contributed by atoms with Gasteiger partial charge in [-0.1, -0.05) is 24.3 Å². The van der Waals surface area contributed by atoms with Gasteiger partial charge in [-0.2, -0.15) is 17.6 Å². The molecule has 15 heteroatoms. The molecule has 0 spiro atoms. The third-order valence-electron chi connectivity index (χ3n) is 10.4. The van der Waals surface area contributed by atoms with Gasteiger partial charge in [0.1, 0.15) is 35.2 Å². The monoisotopic (exact) mass is 788 g/mol. The highest BCUT2D eigenvalue weighted by atomic mass is 19.3. The van der Waals surface area contributed by atoms with Crippen LogP contribution in [0.25, 0.3) is 56.2 Å². The van der Waals surface area contributed by atoms with Gasteiger partial charge in [-0.25, -0.2) is 9.97 Å². The van der Waals surface area contributed by atoms with Crippen molar-refractivity contribution in [2.45, 2.75) is 78.1 Å². The van der Waals surface area contributed by atoms with Crippen LogP contribution in [-0.4, -0.2) is 61.0 Å². The van der Waals surface area contributed by atoms with Crippen LogP contribution in [0.15, 0.2) is 69.5 Å². The van der Waals surface area contributed by atoms with E-state index in [0.717, 1.165) is 48.1 Å². The largest absolute Gasteiger partial charge is 0.460 e. The van der Waals surface area contributed by atoms with Crippen LogP contribution in [0.2, 0.25) is 0 Å². The molecule has 11 nitrogen and oxygen atoms in total. The Morgan fingerprint density at radius 1 is 0.807 bits per heavy atom. The van der Waals surface area contributed by atoms with E-state index in [9.17, 15) is 22.4 Å². The van der Waals surface area contributed by atoms with Gasteiger partial charge in [0.15, 0.2) is 11.2 Å². The predicted octanol–water partition coefficient (Wildman–Crippen LogP) is 8.85. The van der Waals surface area contributed by atoms with Crippen LogP contribution in [0.1, 0.15) is 47.9 Å². The molecule has 2 aliphatic rings. The highest BCUT2D eigenvalue weighted by Gasteiger charge is 2.25. The third-order valence-corrected chi connectivity index (χ3v) is 10.4. The minimum absolute atomic E-state index is 0.00597. The van der Waals surface area contributed by atoms with Crippen LogP contribution in [0, 0.1) is 13.8 Å². The second-order valence-electron chi connectivity index (χ2n) is 14.1. The molecule has 2 aromatic heterocycles. The normalized spacial score (nSPS) is 17.1. The van der Waals surface area contributed by atoms with Crippen molar-refractivity contribution in [2.24, 2.45) is 0 Å². The molecule has 2 saturated heterocycles. The Morgan fingerprint density at radius 3 is 1.93 bits per heavy atom. The van der Waals surface area contributed by atoms with Crippen LogP contribution in [-0.2, 0) is 27.4 Å². The molecule has 8 rings (SSSR count). The number of nitrogens with zero attached hydrogens (tertiary/aromatic N) is 2. The van der Waals surface area contributed by atoms with E-state index in [1.807, 2.05) is 50.2 Å². The van der Waals surface area contributed by atoms with Crippen molar-refractivity contribution >= 4 is 28.2 Å². The van der Waals surface area contributed by atoms with E-state index in [0.29, 0.717) is 58.7 Å². The quantitative estimate of drug-likeness (QED) is 0.0811. The van der Waals surface area contributed by atoms with Crippen molar-refractivity contribution in [3.05, 3.63) is 82.9 Å². The Kier molecular flexibility index (Phi) is 11.1. The Morgan fingerprint density at radius 2 is 1.39 bits per heavy atom. The summed E-state index contributed by atoms with van der Waals surface area (Å²) < 4.78 is 86.7. The number of benzene rings is 4. The lowest BCUT2D eigenvalue weighted by Crippen LogP contribution is -2.32. The second kappa shape index (κ2) is 16.5. The lowest BCUT2D eigenvalue weighted by molar-refractivity contribution is -0.147. The molecule has 0 radical (unpaired) electrons. The minimum atomic E-state index is -3.11. The average Bonchev–Trinajstić information content (AvgIpc) is 4.02. The molecule has 6 aromatic rings. The minimum Gasteiger partial charge on any atom is -0.460 e. The molecular weight excluding hydrogens is 748 g/mol. The number of aromatic nitrogens is 2. The molecule has 298 valence electrons. The van der Waals surface area contributed by atoms with E-state index in [-0.39, 0.29) is 47.8 Å². The average molecular weight is 789 g/mol. The molecular formula is C42H40F4N4O7. The van der Waals surface area contributed by atoms with Crippen LogP contribution in [0.4, 0.5) is 17.6 Å². The third kappa shape index (κ3) is 8.31. The number of nitrogens with one attached hydrogen (secondary N) is 2. The maximum absolute atomic E-state index is 13.4. The summed E-state index contributed by atoms with van der Waals surface area (Å²) in [6.07, 6.45) is 3.51. The number of alkyl halides is 4. The Labute approximate surface area is 324 Å². The summed E-state index contributed by atoms with van der Waals surface area (Å²) in [7, 11) is 0. The molecule has 2 aliphatic heterocycles. The summed E-state index contributed by atoms with van der Waals surface area (Å²) >= 11 is 0. The zero-order chi connectivity index (χ0) is 39.6. The summed E-state index contributed by atoms with van der Waals surface area (Å²) in [6, 6.07) is 17.0. The lowest BCUT2D eigenvalue weighted by atomic mass is 9.91. The first-order valence-electron chi connectivity index (χ1n) is 18.8. The molecule has 0 saturated carbocycles. The summed E-state index contributed by atoms with van der Waals surface area (Å²) in [4.78, 5) is 22.0. The zero-order valence-corrected chi connectivity index (χ0v) is 31.2. The lowest BCUT2D eigenvalue weighted by Gasteiger charge is -2.14. The summed E-state index contributed by atoms with van der Waals surface area (Å²) in [6.45, 7) is -0.236. The molecule has 1 unspecified atom stereocenters. The molecule has 4 aromatic carbocycles.